The largest absolute Gasteiger partial charge is 0.398 e. The normalized spacial score (nSPS) is 21.2. The molecule has 0 aromatic carbocycles. The molecule has 2 aliphatic rings. The first-order valence-corrected chi connectivity index (χ1v) is 9.32. The van der Waals surface area contributed by atoms with E-state index in [1.807, 2.05) is 18.2 Å². The van der Waals surface area contributed by atoms with E-state index >= 15 is 0 Å². The van der Waals surface area contributed by atoms with Gasteiger partial charge in [0.05, 0.1) is 23.5 Å². The lowest BCUT2D eigenvalue weighted by Gasteiger charge is -2.19. The van der Waals surface area contributed by atoms with Gasteiger partial charge in [0, 0.05) is 12.6 Å². The van der Waals surface area contributed by atoms with Crippen LogP contribution in [0.2, 0.25) is 0 Å². The molecule has 28 heavy (non-hydrogen) atoms. The molecule has 6 nitrogen and oxygen atoms in total. The lowest BCUT2D eigenvalue weighted by molar-refractivity contribution is -0.160. The predicted molar refractivity (Wildman–Crippen MR) is 98.1 cm³/mol. The molecule has 2 N–H and O–H groups in total. The van der Waals surface area contributed by atoms with Crippen molar-refractivity contribution >= 4 is 11.5 Å². The first kappa shape index (κ1) is 17.4. The number of nitrogens with one attached hydrogen (secondary N) is 2. The van der Waals surface area contributed by atoms with Crippen molar-refractivity contribution in [1.29, 1.82) is 0 Å². The number of anilines is 1. The highest BCUT2D eigenvalue weighted by Gasteiger charge is 2.64. The van der Waals surface area contributed by atoms with Crippen molar-refractivity contribution in [3.05, 3.63) is 42.2 Å². The molecular formula is C19H19F3N6. The van der Waals surface area contributed by atoms with Crippen molar-refractivity contribution in [1.82, 2.24) is 24.9 Å². The molecule has 1 atom stereocenters. The molecule has 9 heteroatoms. The zero-order valence-corrected chi connectivity index (χ0v) is 15.0. The van der Waals surface area contributed by atoms with Gasteiger partial charge < -0.3 is 10.6 Å². The van der Waals surface area contributed by atoms with E-state index in [9.17, 15) is 13.2 Å². The summed E-state index contributed by atoms with van der Waals surface area (Å²) < 4.78 is 41.7. The van der Waals surface area contributed by atoms with Crippen LogP contribution >= 0.6 is 0 Å². The predicted octanol–water partition coefficient (Wildman–Crippen LogP) is 3.16. The Labute approximate surface area is 159 Å². The van der Waals surface area contributed by atoms with E-state index in [4.69, 9.17) is 0 Å². The molecule has 0 bridgehead atoms. The fourth-order valence-corrected chi connectivity index (χ4v) is 3.82. The highest BCUT2D eigenvalue weighted by molar-refractivity contribution is 5.62. The third-order valence-electron chi connectivity index (χ3n) is 5.63. The molecule has 1 saturated heterocycles. The number of nitrogens with zero attached hydrogens (tertiary/aromatic N) is 4. The van der Waals surface area contributed by atoms with Crippen molar-refractivity contribution in [2.75, 3.05) is 18.4 Å². The Morgan fingerprint density at radius 3 is 2.79 bits per heavy atom. The molecule has 2 fully saturated rings. The van der Waals surface area contributed by atoms with Crippen molar-refractivity contribution < 1.29 is 13.2 Å². The molecule has 0 amide bonds. The SMILES string of the molecule is FC(F)(F)C1(c2cnn3c(-c4cccc(NC5CCNC5)n4)cnc3c2)CC1. The number of halogens is 3. The lowest BCUT2D eigenvalue weighted by Crippen LogP contribution is -2.29. The second-order valence-corrected chi connectivity index (χ2v) is 7.48. The standard InChI is InChI=1S/C19H19F3N6/c20-19(21,22)18(5-6-18)12-8-17-24-11-15(28(17)25-9-12)14-2-1-3-16(27-14)26-13-4-7-23-10-13/h1-3,8-9,11,13,23H,4-7,10H2,(H,26,27). The molecule has 0 radical (unpaired) electrons. The van der Waals surface area contributed by atoms with Gasteiger partial charge in [0.15, 0.2) is 5.65 Å². The quantitative estimate of drug-likeness (QED) is 0.719. The number of alkyl halides is 3. The second kappa shape index (κ2) is 6.16. The van der Waals surface area contributed by atoms with Crippen LogP contribution in [0.5, 0.6) is 0 Å². The molecule has 3 aromatic rings. The van der Waals surface area contributed by atoms with Gasteiger partial charge in [-0.2, -0.15) is 18.3 Å². The van der Waals surface area contributed by atoms with Crippen molar-refractivity contribution in [2.45, 2.75) is 36.9 Å². The molecule has 1 saturated carbocycles. The molecule has 5 rings (SSSR count). The molecule has 0 spiro atoms. The first-order chi connectivity index (χ1) is 13.5. The van der Waals surface area contributed by atoms with Gasteiger partial charge in [0.2, 0.25) is 0 Å². The number of hydrogen-bond acceptors (Lipinski definition) is 5. The summed E-state index contributed by atoms with van der Waals surface area (Å²) in [4.78, 5) is 8.91. The van der Waals surface area contributed by atoms with Gasteiger partial charge in [-0.15, -0.1) is 0 Å². The minimum Gasteiger partial charge on any atom is -0.366 e. The van der Waals surface area contributed by atoms with Gasteiger partial charge in [0.25, 0.3) is 0 Å². The molecule has 1 aliphatic heterocycles. The maximum atomic E-state index is 13.4. The van der Waals surface area contributed by atoms with E-state index < -0.39 is 11.6 Å². The minimum absolute atomic E-state index is 0.104. The zero-order chi connectivity index (χ0) is 19.4. The fourth-order valence-electron chi connectivity index (χ4n) is 3.82. The summed E-state index contributed by atoms with van der Waals surface area (Å²) in [6.07, 6.45) is -0.111. The maximum absolute atomic E-state index is 13.4. The number of aromatic nitrogens is 4. The van der Waals surface area contributed by atoms with Crippen LogP contribution in [0.4, 0.5) is 19.0 Å². The number of pyridine rings is 1. The Hall–Kier alpha value is -2.68. The second-order valence-electron chi connectivity index (χ2n) is 7.48. The lowest BCUT2D eigenvalue weighted by atomic mass is 9.98. The number of hydrogen-bond donors (Lipinski definition) is 2. The Balaban J connectivity index is 1.47. The summed E-state index contributed by atoms with van der Waals surface area (Å²) in [6, 6.07) is 7.46. The van der Waals surface area contributed by atoms with Gasteiger partial charge >= 0.3 is 6.18 Å². The summed E-state index contributed by atoms with van der Waals surface area (Å²) in [5.74, 6) is 0.756. The van der Waals surface area contributed by atoms with Crippen LogP contribution in [0.3, 0.4) is 0 Å². The van der Waals surface area contributed by atoms with Gasteiger partial charge in [-0.25, -0.2) is 14.5 Å². The zero-order valence-electron chi connectivity index (χ0n) is 15.0. The highest BCUT2D eigenvalue weighted by Crippen LogP contribution is 2.58. The minimum atomic E-state index is -4.26. The van der Waals surface area contributed by atoms with Crippen LogP contribution in [0.1, 0.15) is 24.8 Å². The average Bonchev–Trinajstić information content (AvgIpc) is 3.16. The Kier molecular flexibility index (Phi) is 3.84. The third-order valence-corrected chi connectivity index (χ3v) is 5.63. The van der Waals surface area contributed by atoms with Crippen LogP contribution in [0, 0.1) is 0 Å². The van der Waals surface area contributed by atoms with E-state index in [1.54, 1.807) is 10.7 Å². The average molecular weight is 388 g/mol. The highest BCUT2D eigenvalue weighted by atomic mass is 19.4. The summed E-state index contributed by atoms with van der Waals surface area (Å²) >= 11 is 0. The van der Waals surface area contributed by atoms with E-state index in [1.165, 1.54) is 12.3 Å². The number of rotatable bonds is 4. The van der Waals surface area contributed by atoms with Gasteiger partial charge in [0.1, 0.15) is 11.5 Å². The summed E-state index contributed by atoms with van der Waals surface area (Å²) in [6.45, 7) is 1.88. The molecule has 1 aliphatic carbocycles. The van der Waals surface area contributed by atoms with Crippen LogP contribution < -0.4 is 10.6 Å². The number of imidazole rings is 1. The molecule has 4 heterocycles. The van der Waals surface area contributed by atoms with Crippen molar-refractivity contribution in [3.63, 3.8) is 0 Å². The Morgan fingerprint density at radius 2 is 2.07 bits per heavy atom. The van der Waals surface area contributed by atoms with Crippen LogP contribution in [0.25, 0.3) is 17.0 Å². The van der Waals surface area contributed by atoms with Crippen LogP contribution in [-0.4, -0.2) is 44.9 Å². The van der Waals surface area contributed by atoms with E-state index in [2.05, 4.69) is 25.7 Å². The smallest absolute Gasteiger partial charge is 0.366 e. The van der Waals surface area contributed by atoms with Crippen molar-refractivity contribution in [2.24, 2.45) is 0 Å². The van der Waals surface area contributed by atoms with Gasteiger partial charge in [-0.3, -0.25) is 0 Å². The Morgan fingerprint density at radius 1 is 1.21 bits per heavy atom. The monoisotopic (exact) mass is 388 g/mol. The van der Waals surface area contributed by atoms with Crippen LogP contribution in [-0.2, 0) is 5.41 Å². The van der Waals surface area contributed by atoms with Crippen LogP contribution in [0.15, 0.2) is 36.7 Å². The summed E-state index contributed by atoms with van der Waals surface area (Å²) in [5.41, 5.74) is 0.128. The first-order valence-electron chi connectivity index (χ1n) is 9.32. The number of fused-ring (bicyclic) bond motifs is 1. The van der Waals surface area contributed by atoms with Crippen molar-refractivity contribution in [3.8, 4) is 11.4 Å². The van der Waals surface area contributed by atoms with Gasteiger partial charge in [-0.1, -0.05) is 6.07 Å². The van der Waals surface area contributed by atoms with E-state index in [0.717, 1.165) is 25.3 Å². The van der Waals surface area contributed by atoms with E-state index in [0.29, 0.717) is 23.1 Å². The third kappa shape index (κ3) is 2.81. The molecular weight excluding hydrogens is 369 g/mol. The molecule has 1 unspecified atom stereocenters. The maximum Gasteiger partial charge on any atom is 0.398 e. The summed E-state index contributed by atoms with van der Waals surface area (Å²) in [7, 11) is 0. The Bertz CT molecular complexity index is 1020. The fraction of sp³-hybridized carbons (Fsp3) is 0.421. The van der Waals surface area contributed by atoms with E-state index in [-0.39, 0.29) is 18.4 Å². The summed E-state index contributed by atoms with van der Waals surface area (Å²) in [5, 5.41) is 10.9. The molecule has 3 aromatic heterocycles. The van der Waals surface area contributed by atoms with Gasteiger partial charge in [-0.05, 0) is 49.6 Å². The molecule has 146 valence electrons. The topological polar surface area (TPSA) is 67.1 Å².